The Bertz CT molecular complexity index is 656. The number of hydrogen-bond acceptors (Lipinski definition) is 4. The number of piperidine rings is 1. The Morgan fingerprint density at radius 1 is 1.04 bits per heavy atom. The normalized spacial score (nSPS) is 19.6. The van der Waals surface area contributed by atoms with Crippen LogP contribution in [-0.2, 0) is 14.4 Å². The molecule has 2 aliphatic rings. The lowest BCUT2D eigenvalue weighted by molar-refractivity contribution is -0.137. The van der Waals surface area contributed by atoms with Crippen molar-refractivity contribution in [3.05, 3.63) is 30.3 Å². The van der Waals surface area contributed by atoms with Gasteiger partial charge in [-0.2, -0.15) is 0 Å². The van der Waals surface area contributed by atoms with Crippen LogP contribution in [0.5, 0.6) is 0 Å². The Morgan fingerprint density at radius 2 is 1.73 bits per heavy atom. The highest BCUT2D eigenvalue weighted by Gasteiger charge is 2.28. The minimum Gasteiger partial charge on any atom is -0.369 e. The molecule has 7 heteroatoms. The van der Waals surface area contributed by atoms with Gasteiger partial charge in [-0.1, -0.05) is 18.2 Å². The monoisotopic (exact) mass is 358 g/mol. The predicted molar refractivity (Wildman–Crippen MR) is 98.4 cm³/mol. The second kappa shape index (κ2) is 8.31. The third kappa shape index (κ3) is 4.40. The molecule has 3 rings (SSSR count). The van der Waals surface area contributed by atoms with Crippen LogP contribution < -0.4 is 10.6 Å². The van der Waals surface area contributed by atoms with Gasteiger partial charge in [-0.15, -0.1) is 0 Å². The van der Waals surface area contributed by atoms with Gasteiger partial charge in [0.15, 0.2) is 0 Å². The molecular formula is C19H26N4O3. The molecule has 3 amide bonds. The van der Waals surface area contributed by atoms with Crippen molar-refractivity contribution < 1.29 is 14.4 Å². The number of hydrogen-bond donors (Lipinski definition) is 1. The summed E-state index contributed by atoms with van der Waals surface area (Å²) in [5.41, 5.74) is 6.22. The van der Waals surface area contributed by atoms with Crippen LogP contribution in [0.1, 0.15) is 19.3 Å². The van der Waals surface area contributed by atoms with Gasteiger partial charge in [-0.05, 0) is 38.1 Å². The van der Waals surface area contributed by atoms with Crippen molar-refractivity contribution in [1.29, 1.82) is 0 Å². The average molecular weight is 358 g/mol. The maximum atomic E-state index is 12.5. The fourth-order valence-electron chi connectivity index (χ4n) is 3.62. The maximum Gasteiger partial charge on any atom is 0.246 e. The van der Waals surface area contributed by atoms with E-state index in [0.717, 1.165) is 31.6 Å². The predicted octanol–water partition coefficient (Wildman–Crippen LogP) is 0.449. The molecule has 0 spiro atoms. The number of benzene rings is 1. The number of primary amides is 1. The van der Waals surface area contributed by atoms with Crippen LogP contribution in [0.4, 0.5) is 5.69 Å². The molecule has 0 saturated carbocycles. The number of carbonyl (C=O) groups is 3. The zero-order chi connectivity index (χ0) is 18.5. The van der Waals surface area contributed by atoms with Crippen molar-refractivity contribution in [1.82, 2.24) is 9.80 Å². The van der Waals surface area contributed by atoms with E-state index in [2.05, 4.69) is 4.90 Å². The molecule has 1 aromatic carbocycles. The van der Waals surface area contributed by atoms with Gasteiger partial charge < -0.3 is 20.4 Å². The van der Waals surface area contributed by atoms with Gasteiger partial charge >= 0.3 is 0 Å². The van der Waals surface area contributed by atoms with Crippen LogP contribution >= 0.6 is 0 Å². The van der Waals surface area contributed by atoms with Crippen molar-refractivity contribution in [2.45, 2.75) is 19.3 Å². The van der Waals surface area contributed by atoms with E-state index in [9.17, 15) is 14.4 Å². The summed E-state index contributed by atoms with van der Waals surface area (Å²) in [5, 5.41) is 0. The van der Waals surface area contributed by atoms with Gasteiger partial charge in [0.1, 0.15) is 6.54 Å². The Balaban J connectivity index is 1.44. The Labute approximate surface area is 153 Å². The molecule has 0 unspecified atom stereocenters. The molecule has 0 atom stereocenters. The van der Waals surface area contributed by atoms with E-state index in [1.807, 2.05) is 30.3 Å². The number of anilines is 1. The summed E-state index contributed by atoms with van der Waals surface area (Å²) in [5.74, 6) is -0.290. The second-order valence-electron chi connectivity index (χ2n) is 6.96. The first-order valence-corrected chi connectivity index (χ1v) is 9.19. The summed E-state index contributed by atoms with van der Waals surface area (Å²) in [6, 6.07) is 9.54. The van der Waals surface area contributed by atoms with Crippen LogP contribution in [0, 0.1) is 5.92 Å². The molecule has 2 heterocycles. The van der Waals surface area contributed by atoms with Gasteiger partial charge in [-0.25, -0.2) is 0 Å². The number of para-hydroxylation sites is 1. The lowest BCUT2D eigenvalue weighted by atomic mass is 9.96. The van der Waals surface area contributed by atoms with E-state index in [-0.39, 0.29) is 30.2 Å². The molecule has 2 aliphatic heterocycles. The van der Waals surface area contributed by atoms with E-state index in [4.69, 9.17) is 5.73 Å². The van der Waals surface area contributed by atoms with E-state index in [1.54, 1.807) is 9.80 Å². The van der Waals surface area contributed by atoms with Gasteiger partial charge in [0, 0.05) is 37.7 Å². The van der Waals surface area contributed by atoms with E-state index in [0.29, 0.717) is 26.1 Å². The van der Waals surface area contributed by atoms with Crippen LogP contribution in [-0.4, -0.2) is 66.8 Å². The summed E-state index contributed by atoms with van der Waals surface area (Å²) in [6.45, 7) is 3.47. The Hall–Kier alpha value is -2.41. The fraction of sp³-hybridized carbons (Fsp3) is 0.526. The van der Waals surface area contributed by atoms with Crippen molar-refractivity contribution in [3.8, 4) is 0 Å². The Morgan fingerprint density at radius 3 is 2.35 bits per heavy atom. The number of nitrogens with zero attached hydrogens (tertiary/aromatic N) is 3. The molecule has 1 aromatic rings. The molecule has 0 radical (unpaired) electrons. The van der Waals surface area contributed by atoms with E-state index < -0.39 is 0 Å². The molecular weight excluding hydrogens is 332 g/mol. The summed E-state index contributed by atoms with van der Waals surface area (Å²) < 4.78 is 0. The lowest BCUT2D eigenvalue weighted by Gasteiger charge is -2.35. The van der Waals surface area contributed by atoms with Crippen molar-refractivity contribution in [2.75, 3.05) is 44.2 Å². The van der Waals surface area contributed by atoms with Crippen LogP contribution in [0.25, 0.3) is 0 Å². The molecule has 2 fully saturated rings. The average Bonchev–Trinajstić information content (AvgIpc) is 2.67. The smallest absolute Gasteiger partial charge is 0.246 e. The molecule has 0 aromatic heterocycles. The number of carbonyl (C=O) groups excluding carboxylic acids is 3. The van der Waals surface area contributed by atoms with Gasteiger partial charge in [-0.3, -0.25) is 14.4 Å². The topological polar surface area (TPSA) is 86.9 Å². The fourth-order valence-corrected chi connectivity index (χ4v) is 3.62. The first-order chi connectivity index (χ1) is 12.5. The number of nitrogens with two attached hydrogens (primary N) is 1. The summed E-state index contributed by atoms with van der Waals surface area (Å²) in [7, 11) is 0. The van der Waals surface area contributed by atoms with Crippen molar-refractivity contribution in [2.24, 2.45) is 11.7 Å². The summed E-state index contributed by atoms with van der Waals surface area (Å²) >= 11 is 0. The molecule has 7 nitrogen and oxygen atoms in total. The van der Waals surface area contributed by atoms with Gasteiger partial charge in [0.05, 0.1) is 0 Å². The third-order valence-electron chi connectivity index (χ3n) is 5.27. The Kier molecular flexibility index (Phi) is 5.88. The number of likely N-dealkylation sites (tertiary alicyclic amines) is 1. The zero-order valence-corrected chi connectivity index (χ0v) is 15.0. The highest BCUT2D eigenvalue weighted by Crippen LogP contribution is 2.18. The quantitative estimate of drug-likeness (QED) is 0.828. The number of rotatable bonds is 5. The number of piperazine rings is 1. The van der Waals surface area contributed by atoms with Crippen molar-refractivity contribution >= 4 is 23.4 Å². The van der Waals surface area contributed by atoms with Gasteiger partial charge in [0.25, 0.3) is 0 Å². The summed E-state index contributed by atoms with van der Waals surface area (Å²) in [4.78, 5) is 41.6. The molecule has 26 heavy (non-hydrogen) atoms. The molecule has 2 saturated heterocycles. The van der Waals surface area contributed by atoms with Crippen LogP contribution in [0.15, 0.2) is 30.3 Å². The summed E-state index contributed by atoms with van der Waals surface area (Å²) in [6.07, 6.45) is 1.93. The first-order valence-electron chi connectivity index (χ1n) is 9.19. The minimum absolute atomic E-state index is 0.0167. The lowest BCUT2D eigenvalue weighted by Crippen LogP contribution is -2.52. The maximum absolute atomic E-state index is 12.5. The van der Waals surface area contributed by atoms with Crippen LogP contribution in [0.3, 0.4) is 0 Å². The molecule has 0 bridgehead atoms. The van der Waals surface area contributed by atoms with E-state index in [1.165, 1.54) is 0 Å². The minimum atomic E-state index is -0.226. The molecule has 2 N–H and O–H groups in total. The number of amides is 3. The largest absolute Gasteiger partial charge is 0.369 e. The van der Waals surface area contributed by atoms with Crippen molar-refractivity contribution in [3.63, 3.8) is 0 Å². The standard InChI is InChI=1S/C19H26N4O3/c20-19(26)15-6-9-21(10-7-15)11-8-17(24)22-12-13-23(18(25)14-22)16-4-2-1-3-5-16/h1-5,15H,6-14H2,(H2,20,26). The highest BCUT2D eigenvalue weighted by molar-refractivity contribution is 5.97. The van der Waals surface area contributed by atoms with Gasteiger partial charge in [0.2, 0.25) is 17.7 Å². The van der Waals surface area contributed by atoms with E-state index >= 15 is 0 Å². The van der Waals surface area contributed by atoms with Crippen LogP contribution in [0.2, 0.25) is 0 Å². The highest BCUT2D eigenvalue weighted by atomic mass is 16.2. The molecule has 140 valence electrons. The zero-order valence-electron chi connectivity index (χ0n) is 15.0. The second-order valence-corrected chi connectivity index (χ2v) is 6.96. The first kappa shape index (κ1) is 18.4. The SMILES string of the molecule is NC(=O)C1CCN(CCC(=O)N2CCN(c3ccccc3)C(=O)C2)CC1. The third-order valence-corrected chi connectivity index (χ3v) is 5.27. The molecule has 0 aliphatic carbocycles.